The number of aliphatic hydroxyl groups excluding tert-OH is 1. The van der Waals surface area contributed by atoms with Crippen LogP contribution in [0.4, 0.5) is 0 Å². The third-order valence-corrected chi connectivity index (χ3v) is 6.00. The number of carboxylic acid groups (broad SMARTS) is 1. The normalized spacial score (nSPS) is 20.5. The van der Waals surface area contributed by atoms with Crippen LogP contribution in [-0.4, -0.2) is 107 Å². The van der Waals surface area contributed by atoms with Gasteiger partial charge < -0.3 is 36.0 Å². The number of hydrogen-bond donors (Lipinski definition) is 5. The van der Waals surface area contributed by atoms with Crippen LogP contribution in [0.5, 0.6) is 0 Å². The van der Waals surface area contributed by atoms with Gasteiger partial charge in [-0.3, -0.25) is 28.8 Å². The van der Waals surface area contributed by atoms with E-state index in [1.165, 1.54) is 16.8 Å². The molecule has 5 N–H and O–H groups in total. The maximum absolute atomic E-state index is 13.2. The second-order valence-corrected chi connectivity index (χ2v) is 8.32. The minimum absolute atomic E-state index is 0.0311. The average Bonchev–Trinajstić information content (AvgIpc) is 3.50. The number of hydrogen-bond acceptors (Lipinski definition) is 7. The summed E-state index contributed by atoms with van der Waals surface area (Å²) >= 11 is 0. The Morgan fingerprint density at radius 1 is 0.971 bits per heavy atom. The number of carbonyl (C=O) groups excluding carboxylic acids is 5. The lowest BCUT2D eigenvalue weighted by molar-refractivity contribution is -0.147. The zero-order valence-corrected chi connectivity index (χ0v) is 19.2. The molecule has 34 heavy (non-hydrogen) atoms. The molecular weight excluding hydrogens is 450 g/mol. The minimum Gasteiger partial charge on any atom is -0.481 e. The first-order valence-electron chi connectivity index (χ1n) is 11.4. The lowest BCUT2D eigenvalue weighted by atomic mass is 10.1. The molecule has 2 aliphatic heterocycles. The van der Waals surface area contributed by atoms with Gasteiger partial charge in [-0.1, -0.05) is 0 Å². The van der Waals surface area contributed by atoms with Crippen molar-refractivity contribution >= 4 is 35.5 Å². The molecule has 0 unspecified atom stereocenters. The fourth-order valence-electron chi connectivity index (χ4n) is 4.19. The van der Waals surface area contributed by atoms with Crippen LogP contribution in [0.2, 0.25) is 0 Å². The molecule has 3 atom stereocenters. The Hall–Kier alpha value is -3.22. The predicted octanol–water partition coefficient (Wildman–Crippen LogP) is -2.44. The summed E-state index contributed by atoms with van der Waals surface area (Å²) < 4.78 is 0. The molecule has 2 heterocycles. The van der Waals surface area contributed by atoms with E-state index >= 15 is 0 Å². The van der Waals surface area contributed by atoms with Crippen LogP contribution in [0.1, 0.15) is 44.9 Å². The highest BCUT2D eigenvalue weighted by atomic mass is 16.4. The Morgan fingerprint density at radius 2 is 1.62 bits per heavy atom. The van der Waals surface area contributed by atoms with E-state index in [9.17, 15) is 33.9 Å². The minimum atomic E-state index is -1.28. The summed E-state index contributed by atoms with van der Waals surface area (Å²) in [7, 11) is 1.40. The fourth-order valence-corrected chi connectivity index (χ4v) is 4.19. The van der Waals surface area contributed by atoms with Crippen LogP contribution in [0, 0.1) is 0 Å². The van der Waals surface area contributed by atoms with Gasteiger partial charge in [0.15, 0.2) is 0 Å². The average molecular weight is 484 g/mol. The Morgan fingerprint density at radius 3 is 2.24 bits per heavy atom. The summed E-state index contributed by atoms with van der Waals surface area (Å²) in [5.41, 5.74) is 0. The predicted molar refractivity (Wildman–Crippen MR) is 117 cm³/mol. The smallest absolute Gasteiger partial charge is 0.303 e. The van der Waals surface area contributed by atoms with Gasteiger partial charge in [-0.2, -0.15) is 0 Å². The molecule has 2 aliphatic rings. The van der Waals surface area contributed by atoms with E-state index in [1.807, 2.05) is 0 Å². The lowest BCUT2D eigenvalue weighted by Gasteiger charge is -2.31. The van der Waals surface area contributed by atoms with Gasteiger partial charge in [-0.05, 0) is 32.1 Å². The number of aliphatic carboxylic acids is 1. The molecule has 2 saturated heterocycles. The summed E-state index contributed by atoms with van der Waals surface area (Å²) in [4.78, 5) is 75.7. The van der Waals surface area contributed by atoms with Crippen LogP contribution in [-0.2, 0) is 28.8 Å². The van der Waals surface area contributed by atoms with Crippen molar-refractivity contribution in [2.24, 2.45) is 0 Å². The van der Waals surface area contributed by atoms with Crippen molar-refractivity contribution in [3.8, 4) is 0 Å². The number of amides is 5. The number of nitrogens with one attached hydrogen (secondary N) is 3. The quantitative estimate of drug-likeness (QED) is 0.214. The van der Waals surface area contributed by atoms with E-state index in [0.717, 1.165) is 0 Å². The van der Waals surface area contributed by atoms with Gasteiger partial charge in [0.25, 0.3) is 0 Å². The van der Waals surface area contributed by atoms with Crippen molar-refractivity contribution in [1.29, 1.82) is 0 Å². The van der Waals surface area contributed by atoms with Crippen molar-refractivity contribution in [2.75, 3.05) is 33.3 Å². The number of likely N-dealkylation sites (N-methyl/N-ethyl adjacent to an activating group) is 1. The molecule has 0 aliphatic carbocycles. The third kappa shape index (κ3) is 7.14. The van der Waals surface area contributed by atoms with Gasteiger partial charge in [0.1, 0.15) is 18.1 Å². The number of carbonyl (C=O) groups is 6. The number of rotatable bonds is 11. The summed E-state index contributed by atoms with van der Waals surface area (Å²) in [5.74, 6) is -3.41. The molecule has 0 bridgehead atoms. The van der Waals surface area contributed by atoms with Gasteiger partial charge in [-0.15, -0.1) is 0 Å². The Labute approximate surface area is 197 Å². The largest absolute Gasteiger partial charge is 0.481 e. The van der Waals surface area contributed by atoms with Gasteiger partial charge in [0, 0.05) is 33.0 Å². The van der Waals surface area contributed by atoms with Crippen LogP contribution in [0.25, 0.3) is 0 Å². The van der Waals surface area contributed by atoms with Crippen LogP contribution >= 0.6 is 0 Å². The lowest BCUT2D eigenvalue weighted by Crippen LogP contribution is -2.57. The molecule has 5 amide bonds. The number of likely N-dealkylation sites (tertiary alicyclic amines) is 2. The number of nitrogens with zero attached hydrogens (tertiary/aromatic N) is 2. The molecule has 0 aromatic heterocycles. The zero-order valence-electron chi connectivity index (χ0n) is 19.2. The highest BCUT2D eigenvalue weighted by Gasteiger charge is 2.42. The zero-order chi connectivity index (χ0) is 25.3. The molecule has 190 valence electrons. The molecule has 0 radical (unpaired) electrons. The van der Waals surface area contributed by atoms with Crippen molar-refractivity contribution in [3.63, 3.8) is 0 Å². The molecule has 13 heteroatoms. The summed E-state index contributed by atoms with van der Waals surface area (Å²) in [6, 6.07) is -2.85. The molecule has 0 spiro atoms. The van der Waals surface area contributed by atoms with E-state index < -0.39 is 48.4 Å². The molecular formula is C21H33N5O8. The topological polar surface area (TPSA) is 185 Å². The molecule has 13 nitrogen and oxygen atoms in total. The Balaban J connectivity index is 1.98. The van der Waals surface area contributed by atoms with Crippen LogP contribution < -0.4 is 16.0 Å². The van der Waals surface area contributed by atoms with E-state index in [2.05, 4.69) is 16.0 Å². The Kier molecular flexibility index (Phi) is 10.2. The van der Waals surface area contributed by atoms with Crippen molar-refractivity contribution in [2.45, 2.75) is 63.1 Å². The fraction of sp³-hybridized carbons (Fsp3) is 0.714. The van der Waals surface area contributed by atoms with E-state index in [-0.39, 0.29) is 37.6 Å². The summed E-state index contributed by atoms with van der Waals surface area (Å²) in [6.07, 6.45) is 2.10. The maximum Gasteiger partial charge on any atom is 0.303 e. The van der Waals surface area contributed by atoms with Gasteiger partial charge >= 0.3 is 5.97 Å². The van der Waals surface area contributed by atoms with E-state index in [4.69, 9.17) is 5.11 Å². The summed E-state index contributed by atoms with van der Waals surface area (Å²) in [6.45, 7) is -0.285. The van der Waals surface area contributed by atoms with E-state index in [1.54, 1.807) is 0 Å². The standard InChI is InChI=1S/C21H33N5O8/c1-22-16(28)11-23-19(32)13(12-27)24-20(33)14-5-3-10-26(14)21(34)15-6-4-9-25(15)17(29)7-2-8-18(30)31/h13-15,27H,2-12H2,1H3,(H,22,28)(H,23,32)(H,24,33)(H,30,31)/t13-,14-,15+/m0/s1. The monoisotopic (exact) mass is 483 g/mol. The first-order chi connectivity index (χ1) is 16.2. The van der Waals surface area contributed by atoms with Gasteiger partial charge in [-0.25, -0.2) is 0 Å². The third-order valence-electron chi connectivity index (χ3n) is 6.00. The molecule has 0 aromatic rings. The van der Waals surface area contributed by atoms with Crippen molar-refractivity contribution < 1.29 is 39.0 Å². The van der Waals surface area contributed by atoms with Crippen LogP contribution in [0.15, 0.2) is 0 Å². The summed E-state index contributed by atoms with van der Waals surface area (Å²) in [5, 5.41) is 25.4. The second kappa shape index (κ2) is 12.9. The Bertz CT molecular complexity index is 804. The number of carboxylic acids is 1. The maximum atomic E-state index is 13.2. The first kappa shape index (κ1) is 27.0. The molecule has 0 saturated carbocycles. The number of aliphatic hydroxyl groups is 1. The highest BCUT2D eigenvalue weighted by Crippen LogP contribution is 2.26. The molecule has 0 aromatic carbocycles. The first-order valence-corrected chi connectivity index (χ1v) is 11.4. The second-order valence-electron chi connectivity index (χ2n) is 8.32. The molecule has 2 rings (SSSR count). The van der Waals surface area contributed by atoms with Gasteiger partial charge in [0.05, 0.1) is 13.2 Å². The van der Waals surface area contributed by atoms with Crippen LogP contribution in [0.3, 0.4) is 0 Å². The molecule has 2 fully saturated rings. The SMILES string of the molecule is CNC(=O)CNC(=O)[C@H](CO)NC(=O)[C@@H]1CCCN1C(=O)[C@H]1CCCN1C(=O)CCCC(=O)O. The van der Waals surface area contributed by atoms with Gasteiger partial charge in [0.2, 0.25) is 29.5 Å². The van der Waals surface area contributed by atoms with Crippen molar-refractivity contribution in [1.82, 2.24) is 25.8 Å². The van der Waals surface area contributed by atoms with Crippen molar-refractivity contribution in [3.05, 3.63) is 0 Å². The highest BCUT2D eigenvalue weighted by molar-refractivity contribution is 5.95. The van der Waals surface area contributed by atoms with E-state index in [0.29, 0.717) is 38.8 Å².